The van der Waals surface area contributed by atoms with Crippen molar-refractivity contribution < 1.29 is 4.74 Å². The van der Waals surface area contributed by atoms with Gasteiger partial charge in [-0.25, -0.2) is 4.68 Å². The van der Waals surface area contributed by atoms with Crippen molar-refractivity contribution in [3.8, 4) is 0 Å². The molecular weight excluding hydrogens is 244 g/mol. The van der Waals surface area contributed by atoms with Gasteiger partial charge in [0.05, 0.1) is 25.0 Å². The van der Waals surface area contributed by atoms with E-state index in [1.807, 2.05) is 0 Å². The minimum absolute atomic E-state index is 0.130. The molecular formula is C13H24N4O2. The number of hydrogen-bond donors (Lipinski definition) is 2. The van der Waals surface area contributed by atoms with E-state index in [9.17, 15) is 4.79 Å². The number of anilines is 1. The highest BCUT2D eigenvalue weighted by molar-refractivity contribution is 5.38. The van der Waals surface area contributed by atoms with Crippen molar-refractivity contribution in [2.75, 3.05) is 31.6 Å². The lowest BCUT2D eigenvalue weighted by Gasteiger charge is -2.08. The Balaban J connectivity index is 2.36. The molecule has 6 heteroatoms. The van der Waals surface area contributed by atoms with Crippen LogP contribution in [0.5, 0.6) is 0 Å². The van der Waals surface area contributed by atoms with E-state index < -0.39 is 0 Å². The lowest BCUT2D eigenvalue weighted by Crippen LogP contribution is -2.25. The van der Waals surface area contributed by atoms with E-state index in [2.05, 4.69) is 24.3 Å². The Morgan fingerprint density at radius 1 is 1.47 bits per heavy atom. The molecule has 1 aromatic rings. The summed E-state index contributed by atoms with van der Waals surface area (Å²) in [7, 11) is 0. The summed E-state index contributed by atoms with van der Waals surface area (Å²) in [6.07, 6.45) is 2.66. The van der Waals surface area contributed by atoms with Gasteiger partial charge < -0.3 is 15.8 Å². The molecule has 0 aliphatic carbocycles. The average molecular weight is 268 g/mol. The second-order valence-electron chi connectivity index (χ2n) is 4.82. The number of aromatic nitrogens is 2. The molecule has 0 atom stereocenters. The zero-order valence-corrected chi connectivity index (χ0v) is 11.8. The molecule has 19 heavy (non-hydrogen) atoms. The third-order valence-corrected chi connectivity index (χ3v) is 2.63. The zero-order valence-electron chi connectivity index (χ0n) is 11.8. The van der Waals surface area contributed by atoms with Crippen molar-refractivity contribution in [1.29, 1.82) is 0 Å². The third-order valence-electron chi connectivity index (χ3n) is 2.63. The van der Waals surface area contributed by atoms with E-state index in [1.54, 1.807) is 6.20 Å². The largest absolute Gasteiger partial charge is 0.382 e. The molecule has 0 saturated carbocycles. The summed E-state index contributed by atoms with van der Waals surface area (Å²) in [5.74, 6) is 0.633. The Bertz CT molecular complexity index is 417. The molecule has 0 radical (unpaired) electrons. The van der Waals surface area contributed by atoms with Gasteiger partial charge in [-0.05, 0) is 12.3 Å². The number of nitrogens with two attached hydrogens (primary N) is 1. The maximum Gasteiger partial charge on any atom is 0.268 e. The highest BCUT2D eigenvalue weighted by atomic mass is 16.5. The van der Waals surface area contributed by atoms with Crippen LogP contribution in [-0.4, -0.2) is 36.1 Å². The number of ether oxygens (including phenoxy) is 1. The lowest BCUT2D eigenvalue weighted by molar-refractivity contribution is 0.113. The molecule has 0 spiro atoms. The molecule has 0 aliphatic rings. The van der Waals surface area contributed by atoms with Gasteiger partial charge in [-0.3, -0.25) is 4.79 Å². The Hall–Kier alpha value is -1.40. The van der Waals surface area contributed by atoms with Crippen LogP contribution in [0.15, 0.2) is 17.1 Å². The van der Waals surface area contributed by atoms with Gasteiger partial charge >= 0.3 is 0 Å². The van der Waals surface area contributed by atoms with Gasteiger partial charge in [0, 0.05) is 25.8 Å². The minimum atomic E-state index is -0.130. The summed E-state index contributed by atoms with van der Waals surface area (Å²) in [6.45, 7) is 7.17. The van der Waals surface area contributed by atoms with Crippen molar-refractivity contribution in [2.24, 2.45) is 11.7 Å². The van der Waals surface area contributed by atoms with E-state index in [1.165, 1.54) is 10.7 Å². The first-order valence-electron chi connectivity index (χ1n) is 6.72. The van der Waals surface area contributed by atoms with Gasteiger partial charge in [-0.2, -0.15) is 5.10 Å². The van der Waals surface area contributed by atoms with Crippen molar-refractivity contribution in [1.82, 2.24) is 9.78 Å². The summed E-state index contributed by atoms with van der Waals surface area (Å²) in [4.78, 5) is 11.7. The number of nitrogens with zero attached hydrogens (tertiary/aromatic N) is 2. The second-order valence-corrected chi connectivity index (χ2v) is 4.82. The minimum Gasteiger partial charge on any atom is -0.382 e. The molecule has 3 N–H and O–H groups in total. The fourth-order valence-corrected chi connectivity index (χ4v) is 1.49. The Morgan fingerprint density at radius 3 is 2.89 bits per heavy atom. The molecule has 6 nitrogen and oxygen atoms in total. The molecule has 0 unspecified atom stereocenters. The molecule has 1 aromatic heterocycles. The topological polar surface area (TPSA) is 82.2 Å². The standard InChI is InChI=1S/C13H24N4O2/c1-11(2)3-7-19-8-6-17-13(18)9-12(10-16-17)15-5-4-14/h9-11,15H,3-8,14H2,1-2H3. The molecule has 0 saturated heterocycles. The zero-order chi connectivity index (χ0) is 14.1. The van der Waals surface area contributed by atoms with Gasteiger partial charge in [-0.15, -0.1) is 0 Å². The molecule has 1 rings (SSSR count). The van der Waals surface area contributed by atoms with Crippen LogP contribution in [0, 0.1) is 5.92 Å². The normalized spacial score (nSPS) is 10.9. The van der Waals surface area contributed by atoms with Gasteiger partial charge in [0.25, 0.3) is 5.56 Å². The van der Waals surface area contributed by atoms with Crippen molar-refractivity contribution >= 4 is 5.69 Å². The highest BCUT2D eigenvalue weighted by Crippen LogP contribution is 2.00. The maximum atomic E-state index is 11.7. The van der Waals surface area contributed by atoms with Crippen molar-refractivity contribution in [3.05, 3.63) is 22.6 Å². The number of rotatable bonds is 9. The van der Waals surface area contributed by atoms with Crippen LogP contribution in [0.4, 0.5) is 5.69 Å². The molecule has 0 amide bonds. The summed E-state index contributed by atoms with van der Waals surface area (Å²) in [6, 6.07) is 1.52. The maximum absolute atomic E-state index is 11.7. The second kappa shape index (κ2) is 8.66. The van der Waals surface area contributed by atoms with Crippen LogP contribution >= 0.6 is 0 Å². The van der Waals surface area contributed by atoms with Gasteiger partial charge in [0.15, 0.2) is 0 Å². The monoisotopic (exact) mass is 268 g/mol. The van der Waals surface area contributed by atoms with E-state index in [4.69, 9.17) is 10.5 Å². The number of nitrogens with one attached hydrogen (secondary N) is 1. The predicted octanol–water partition coefficient (Wildman–Crippen LogP) is 0.677. The van der Waals surface area contributed by atoms with Gasteiger partial charge in [0.1, 0.15) is 0 Å². The van der Waals surface area contributed by atoms with Gasteiger partial charge in [0.2, 0.25) is 0 Å². The smallest absolute Gasteiger partial charge is 0.268 e. The first kappa shape index (κ1) is 15.7. The molecule has 108 valence electrons. The highest BCUT2D eigenvalue weighted by Gasteiger charge is 2.00. The third kappa shape index (κ3) is 6.35. The quantitative estimate of drug-likeness (QED) is 0.643. The predicted molar refractivity (Wildman–Crippen MR) is 76.3 cm³/mol. The summed E-state index contributed by atoms with van der Waals surface area (Å²) >= 11 is 0. The molecule has 0 bridgehead atoms. The van der Waals surface area contributed by atoms with Crippen LogP contribution in [-0.2, 0) is 11.3 Å². The summed E-state index contributed by atoms with van der Waals surface area (Å²) in [5.41, 5.74) is 5.95. The first-order valence-corrected chi connectivity index (χ1v) is 6.72. The summed E-state index contributed by atoms with van der Waals surface area (Å²) in [5, 5.41) is 7.10. The van der Waals surface area contributed by atoms with E-state index in [0.29, 0.717) is 37.8 Å². The van der Waals surface area contributed by atoms with E-state index in [-0.39, 0.29) is 5.56 Å². The molecule has 1 heterocycles. The van der Waals surface area contributed by atoms with E-state index in [0.717, 1.165) is 13.0 Å². The molecule has 0 aromatic carbocycles. The Morgan fingerprint density at radius 2 is 2.26 bits per heavy atom. The van der Waals surface area contributed by atoms with E-state index >= 15 is 0 Å². The van der Waals surface area contributed by atoms with Crippen LogP contribution in [0.25, 0.3) is 0 Å². The Labute approximate surface area is 113 Å². The summed E-state index contributed by atoms with van der Waals surface area (Å²) < 4.78 is 6.87. The molecule has 0 fully saturated rings. The van der Waals surface area contributed by atoms with Crippen LogP contribution in [0.1, 0.15) is 20.3 Å². The average Bonchev–Trinajstić information content (AvgIpc) is 2.37. The van der Waals surface area contributed by atoms with Crippen LogP contribution in [0.3, 0.4) is 0 Å². The first-order chi connectivity index (χ1) is 9.13. The number of hydrogen-bond acceptors (Lipinski definition) is 5. The van der Waals surface area contributed by atoms with Crippen molar-refractivity contribution in [3.63, 3.8) is 0 Å². The lowest BCUT2D eigenvalue weighted by atomic mass is 10.1. The van der Waals surface area contributed by atoms with Gasteiger partial charge in [-0.1, -0.05) is 13.8 Å². The fraction of sp³-hybridized carbons (Fsp3) is 0.692. The SMILES string of the molecule is CC(C)CCOCCn1ncc(NCCN)cc1=O. The molecule has 0 aliphatic heterocycles. The van der Waals surface area contributed by atoms with Crippen molar-refractivity contribution in [2.45, 2.75) is 26.8 Å². The Kier molecular flexibility index (Phi) is 7.14. The fourth-order valence-electron chi connectivity index (χ4n) is 1.49. The van der Waals surface area contributed by atoms with Crippen LogP contribution < -0.4 is 16.6 Å². The van der Waals surface area contributed by atoms with Crippen LogP contribution in [0.2, 0.25) is 0 Å².